The van der Waals surface area contributed by atoms with Gasteiger partial charge in [-0.15, -0.1) is 11.3 Å². The van der Waals surface area contributed by atoms with Crippen molar-refractivity contribution in [2.75, 3.05) is 0 Å². The van der Waals surface area contributed by atoms with Gasteiger partial charge < -0.3 is 5.11 Å². The molecule has 1 N–H and O–H groups in total. The van der Waals surface area contributed by atoms with Crippen molar-refractivity contribution in [3.05, 3.63) is 27.9 Å². The van der Waals surface area contributed by atoms with E-state index in [0.717, 1.165) is 15.6 Å². The van der Waals surface area contributed by atoms with E-state index in [4.69, 9.17) is 16.7 Å². The predicted molar refractivity (Wildman–Crippen MR) is 56.3 cm³/mol. The Morgan fingerprint density at radius 1 is 1.64 bits per heavy atom. The molecule has 0 saturated heterocycles. The number of fused-ring (bicyclic) bond motifs is 1. The lowest BCUT2D eigenvalue weighted by Gasteiger charge is -1.92. The summed E-state index contributed by atoms with van der Waals surface area (Å²) in [6.07, 6.45) is 1.60. The van der Waals surface area contributed by atoms with Crippen molar-refractivity contribution < 1.29 is 9.90 Å². The Balaban J connectivity index is 2.80. The van der Waals surface area contributed by atoms with Crippen molar-refractivity contribution >= 4 is 39.0 Å². The van der Waals surface area contributed by atoms with Crippen LogP contribution in [0.25, 0.3) is 10.1 Å². The monoisotopic (exact) mass is 227 g/mol. The standard InChI is InChI=1S/C9H6ClNO2S/c1-4-5-2-7(10)11-3-6(5)14-8(4)9(12)13/h2-3H,1H3,(H,12,13). The summed E-state index contributed by atoms with van der Waals surface area (Å²) in [5.41, 5.74) is 0.752. The minimum Gasteiger partial charge on any atom is -0.477 e. The van der Waals surface area contributed by atoms with Crippen LogP contribution >= 0.6 is 22.9 Å². The van der Waals surface area contributed by atoms with Gasteiger partial charge in [-0.25, -0.2) is 9.78 Å². The lowest BCUT2D eigenvalue weighted by Crippen LogP contribution is -1.93. The highest BCUT2D eigenvalue weighted by Crippen LogP contribution is 2.31. The zero-order valence-electron chi connectivity index (χ0n) is 7.24. The maximum atomic E-state index is 10.8. The number of halogens is 1. The number of carboxylic acid groups (broad SMARTS) is 1. The van der Waals surface area contributed by atoms with Gasteiger partial charge in [-0.05, 0) is 18.6 Å². The molecule has 0 aliphatic rings. The van der Waals surface area contributed by atoms with E-state index in [1.807, 2.05) is 0 Å². The summed E-state index contributed by atoms with van der Waals surface area (Å²) in [6, 6.07) is 1.69. The van der Waals surface area contributed by atoms with Crippen LogP contribution in [0.5, 0.6) is 0 Å². The second kappa shape index (κ2) is 3.22. The van der Waals surface area contributed by atoms with Gasteiger partial charge in [-0.1, -0.05) is 11.6 Å². The Labute approximate surface area is 89.0 Å². The lowest BCUT2D eigenvalue weighted by atomic mass is 10.2. The third-order valence-electron chi connectivity index (χ3n) is 1.98. The van der Waals surface area contributed by atoms with Gasteiger partial charge in [0, 0.05) is 11.6 Å². The van der Waals surface area contributed by atoms with Crippen LogP contribution in [-0.4, -0.2) is 16.1 Å². The highest BCUT2D eigenvalue weighted by molar-refractivity contribution is 7.21. The zero-order chi connectivity index (χ0) is 10.3. The summed E-state index contributed by atoms with van der Waals surface area (Å²) >= 11 is 6.95. The molecule has 0 spiro atoms. The number of carboxylic acids is 1. The van der Waals surface area contributed by atoms with Gasteiger partial charge >= 0.3 is 5.97 Å². The minimum atomic E-state index is -0.903. The number of aryl methyl sites for hydroxylation is 1. The van der Waals surface area contributed by atoms with E-state index < -0.39 is 5.97 Å². The Kier molecular flexibility index (Phi) is 2.17. The molecule has 5 heteroatoms. The molecule has 14 heavy (non-hydrogen) atoms. The molecule has 2 aromatic heterocycles. The molecule has 2 heterocycles. The van der Waals surface area contributed by atoms with Crippen LogP contribution in [-0.2, 0) is 0 Å². The average Bonchev–Trinajstić information content (AvgIpc) is 2.44. The van der Waals surface area contributed by atoms with E-state index in [-0.39, 0.29) is 0 Å². The van der Waals surface area contributed by atoms with Gasteiger partial charge in [-0.2, -0.15) is 0 Å². The zero-order valence-corrected chi connectivity index (χ0v) is 8.82. The molecule has 0 radical (unpaired) electrons. The van der Waals surface area contributed by atoms with Crippen molar-refractivity contribution in [2.24, 2.45) is 0 Å². The maximum absolute atomic E-state index is 10.8. The van der Waals surface area contributed by atoms with Crippen molar-refractivity contribution in [1.29, 1.82) is 0 Å². The number of thiophene rings is 1. The molecule has 0 aliphatic heterocycles. The summed E-state index contributed by atoms with van der Waals surface area (Å²) < 4.78 is 0.851. The first-order valence-corrected chi connectivity index (χ1v) is 5.07. The molecule has 72 valence electrons. The van der Waals surface area contributed by atoms with Crippen LogP contribution in [0.1, 0.15) is 15.2 Å². The number of aromatic nitrogens is 1. The third kappa shape index (κ3) is 1.36. The summed E-state index contributed by atoms with van der Waals surface area (Å²) in [5.74, 6) is -0.903. The van der Waals surface area contributed by atoms with Crippen LogP contribution in [0, 0.1) is 6.92 Å². The number of nitrogens with zero attached hydrogens (tertiary/aromatic N) is 1. The maximum Gasteiger partial charge on any atom is 0.346 e. The molecule has 0 amide bonds. The van der Waals surface area contributed by atoms with E-state index in [9.17, 15) is 4.79 Å². The van der Waals surface area contributed by atoms with Crippen LogP contribution in [0.4, 0.5) is 0 Å². The average molecular weight is 228 g/mol. The second-order valence-corrected chi connectivity index (χ2v) is 4.30. The second-order valence-electron chi connectivity index (χ2n) is 2.86. The quantitative estimate of drug-likeness (QED) is 0.762. The Morgan fingerprint density at radius 3 is 3.00 bits per heavy atom. The molecule has 0 saturated carbocycles. The molecule has 0 fully saturated rings. The summed E-state index contributed by atoms with van der Waals surface area (Å²) in [5, 5.41) is 10.1. The normalized spacial score (nSPS) is 10.7. The van der Waals surface area contributed by atoms with E-state index >= 15 is 0 Å². The van der Waals surface area contributed by atoms with Gasteiger partial charge in [0.25, 0.3) is 0 Å². The third-order valence-corrected chi connectivity index (χ3v) is 3.42. The molecule has 2 rings (SSSR count). The molecule has 0 aliphatic carbocycles. The first-order chi connectivity index (χ1) is 6.59. The Morgan fingerprint density at radius 2 is 2.36 bits per heavy atom. The van der Waals surface area contributed by atoms with E-state index in [0.29, 0.717) is 10.0 Å². The van der Waals surface area contributed by atoms with Crippen molar-refractivity contribution in [3.63, 3.8) is 0 Å². The molecule has 2 aromatic rings. The smallest absolute Gasteiger partial charge is 0.346 e. The van der Waals surface area contributed by atoms with Crippen LogP contribution in [0.3, 0.4) is 0 Å². The summed E-state index contributed by atoms with van der Waals surface area (Å²) in [7, 11) is 0. The van der Waals surface area contributed by atoms with Crippen LogP contribution < -0.4 is 0 Å². The molecule has 0 unspecified atom stereocenters. The largest absolute Gasteiger partial charge is 0.477 e. The lowest BCUT2D eigenvalue weighted by molar-refractivity contribution is 0.0701. The molecule has 0 atom stereocenters. The minimum absolute atomic E-state index is 0.351. The highest BCUT2D eigenvalue weighted by atomic mass is 35.5. The number of hydrogen-bond acceptors (Lipinski definition) is 3. The first-order valence-electron chi connectivity index (χ1n) is 3.87. The number of rotatable bonds is 1. The van der Waals surface area contributed by atoms with E-state index in [1.165, 1.54) is 11.3 Å². The van der Waals surface area contributed by atoms with Gasteiger partial charge in [0.2, 0.25) is 0 Å². The van der Waals surface area contributed by atoms with Crippen molar-refractivity contribution in [1.82, 2.24) is 4.98 Å². The Hall–Kier alpha value is -1.13. The SMILES string of the molecule is Cc1c(C(=O)O)sc2cnc(Cl)cc12. The number of carbonyl (C=O) groups is 1. The van der Waals surface area contributed by atoms with E-state index in [2.05, 4.69) is 4.98 Å². The predicted octanol–water partition coefficient (Wildman–Crippen LogP) is 2.96. The van der Waals surface area contributed by atoms with Crippen molar-refractivity contribution in [3.8, 4) is 0 Å². The van der Waals surface area contributed by atoms with E-state index in [1.54, 1.807) is 19.2 Å². The van der Waals surface area contributed by atoms with Gasteiger partial charge in [0.15, 0.2) is 0 Å². The number of hydrogen-bond donors (Lipinski definition) is 1. The topological polar surface area (TPSA) is 50.2 Å². The Bertz CT molecular complexity index is 521. The highest BCUT2D eigenvalue weighted by Gasteiger charge is 2.14. The summed E-state index contributed by atoms with van der Waals surface area (Å²) in [6.45, 7) is 1.78. The first kappa shape index (κ1) is 9.43. The molecular weight excluding hydrogens is 222 g/mol. The van der Waals surface area contributed by atoms with Gasteiger partial charge in [-0.3, -0.25) is 0 Å². The molecule has 0 aromatic carbocycles. The van der Waals surface area contributed by atoms with Crippen LogP contribution in [0.2, 0.25) is 5.15 Å². The fraction of sp³-hybridized carbons (Fsp3) is 0.111. The fourth-order valence-electron chi connectivity index (χ4n) is 1.30. The fourth-order valence-corrected chi connectivity index (χ4v) is 2.46. The molecule has 3 nitrogen and oxygen atoms in total. The van der Waals surface area contributed by atoms with Gasteiger partial charge in [0.05, 0.1) is 4.70 Å². The number of pyridine rings is 1. The molecule has 0 bridgehead atoms. The van der Waals surface area contributed by atoms with Crippen molar-refractivity contribution in [2.45, 2.75) is 6.92 Å². The molecular formula is C9H6ClNO2S. The van der Waals surface area contributed by atoms with Gasteiger partial charge in [0.1, 0.15) is 10.0 Å². The number of aromatic carboxylic acids is 1. The van der Waals surface area contributed by atoms with Crippen LogP contribution in [0.15, 0.2) is 12.3 Å². The summed E-state index contributed by atoms with van der Waals surface area (Å²) in [4.78, 5) is 15.1.